The Labute approximate surface area is 82.0 Å². The van der Waals surface area contributed by atoms with E-state index in [1.165, 1.54) is 5.56 Å². The van der Waals surface area contributed by atoms with Crippen LogP contribution in [0.15, 0.2) is 30.3 Å². The fourth-order valence-corrected chi connectivity index (χ4v) is 1.06. The number of hydrogen-bond donors (Lipinski definition) is 0. The molecular weight excluding hydrogens is 204 g/mol. The second kappa shape index (κ2) is 4.99. The SMILES string of the molecule is C1=Cc2ccccc2OC1.[Cu+2].[O-2]. The summed E-state index contributed by atoms with van der Waals surface area (Å²) in [6.07, 6.45) is 4.10. The molecule has 0 bridgehead atoms. The summed E-state index contributed by atoms with van der Waals surface area (Å²) in [7, 11) is 0. The molecule has 0 aliphatic carbocycles. The number of ether oxygens (including phenoxy) is 1. The van der Waals surface area contributed by atoms with Gasteiger partial charge in [-0.15, -0.1) is 0 Å². The van der Waals surface area contributed by atoms with Gasteiger partial charge in [0.2, 0.25) is 0 Å². The van der Waals surface area contributed by atoms with E-state index in [2.05, 4.69) is 6.08 Å². The molecule has 0 saturated carbocycles. The Bertz CT molecular complexity index is 271. The standard InChI is InChI=1S/C9H8O.Cu.O/c1-2-6-9-8(4-1)5-3-7-10-9;;/h1-6H,7H2;;/q;+2;-2. The van der Waals surface area contributed by atoms with E-state index < -0.39 is 0 Å². The van der Waals surface area contributed by atoms with E-state index >= 15 is 0 Å². The quantitative estimate of drug-likeness (QED) is 0.605. The normalized spacial score (nSPS) is 11.7. The predicted octanol–water partition coefficient (Wildman–Crippen LogP) is 1.97. The summed E-state index contributed by atoms with van der Waals surface area (Å²) < 4.78 is 5.34. The van der Waals surface area contributed by atoms with Crippen molar-refractivity contribution in [1.29, 1.82) is 0 Å². The van der Waals surface area contributed by atoms with Crippen molar-refractivity contribution in [2.75, 3.05) is 6.61 Å². The van der Waals surface area contributed by atoms with Crippen molar-refractivity contribution in [3.8, 4) is 5.75 Å². The summed E-state index contributed by atoms with van der Waals surface area (Å²) in [5, 5.41) is 0. The van der Waals surface area contributed by atoms with Gasteiger partial charge < -0.3 is 10.2 Å². The minimum Gasteiger partial charge on any atom is -2.00 e. The molecule has 0 aromatic heterocycles. The Hall–Kier alpha value is -0.761. The molecule has 1 heterocycles. The molecule has 0 amide bonds. The molecule has 2 nitrogen and oxygen atoms in total. The van der Waals surface area contributed by atoms with E-state index in [1.54, 1.807) is 0 Å². The molecular formula is C9H8CuO2. The molecule has 0 saturated heterocycles. The van der Waals surface area contributed by atoms with Crippen molar-refractivity contribution in [2.45, 2.75) is 0 Å². The van der Waals surface area contributed by atoms with Gasteiger partial charge in [-0.1, -0.05) is 24.3 Å². The van der Waals surface area contributed by atoms with Gasteiger partial charge in [0.05, 0.1) is 0 Å². The molecule has 0 atom stereocenters. The van der Waals surface area contributed by atoms with Gasteiger partial charge in [-0.3, -0.25) is 0 Å². The third-order valence-electron chi connectivity index (χ3n) is 1.55. The fourth-order valence-electron chi connectivity index (χ4n) is 1.06. The Morgan fingerprint density at radius 3 is 2.67 bits per heavy atom. The number of fused-ring (bicyclic) bond motifs is 1. The summed E-state index contributed by atoms with van der Waals surface area (Å²) in [5.41, 5.74) is 1.17. The van der Waals surface area contributed by atoms with Gasteiger partial charge in [-0.25, -0.2) is 0 Å². The van der Waals surface area contributed by atoms with Gasteiger partial charge in [-0.05, 0) is 12.1 Å². The Kier molecular flexibility index (Phi) is 4.67. The van der Waals surface area contributed by atoms with E-state index in [-0.39, 0.29) is 22.5 Å². The van der Waals surface area contributed by atoms with Crippen LogP contribution < -0.4 is 4.74 Å². The maximum atomic E-state index is 5.34. The zero-order valence-electron chi connectivity index (χ0n) is 6.29. The maximum absolute atomic E-state index is 5.34. The van der Waals surface area contributed by atoms with E-state index in [0.29, 0.717) is 6.61 Å². The third-order valence-corrected chi connectivity index (χ3v) is 1.55. The second-order valence-corrected chi connectivity index (χ2v) is 2.25. The van der Waals surface area contributed by atoms with Crippen LogP contribution in [0.2, 0.25) is 0 Å². The molecule has 0 spiro atoms. The summed E-state index contributed by atoms with van der Waals surface area (Å²) in [6, 6.07) is 8.03. The molecule has 1 aliphatic heterocycles. The average Bonchev–Trinajstić information content (AvgIpc) is 2.05. The van der Waals surface area contributed by atoms with Crippen LogP contribution in [-0.4, -0.2) is 6.61 Å². The third kappa shape index (κ3) is 2.11. The minimum atomic E-state index is 0. The number of benzene rings is 1. The molecule has 0 fully saturated rings. The van der Waals surface area contributed by atoms with Crippen LogP contribution in [0.1, 0.15) is 5.56 Å². The fraction of sp³-hybridized carbons (Fsp3) is 0.111. The molecule has 2 rings (SSSR count). The van der Waals surface area contributed by atoms with Crippen molar-refractivity contribution in [3.05, 3.63) is 35.9 Å². The van der Waals surface area contributed by atoms with Crippen LogP contribution in [0.25, 0.3) is 6.08 Å². The molecule has 1 aliphatic rings. The molecule has 0 unspecified atom stereocenters. The first kappa shape index (κ1) is 11.2. The first-order valence-corrected chi connectivity index (χ1v) is 3.35. The van der Waals surface area contributed by atoms with Gasteiger partial charge in [-0.2, -0.15) is 0 Å². The molecule has 1 aromatic rings. The van der Waals surface area contributed by atoms with Crippen molar-refractivity contribution >= 4 is 6.08 Å². The largest absolute Gasteiger partial charge is 2.00 e. The Morgan fingerprint density at radius 2 is 1.92 bits per heavy atom. The molecule has 67 valence electrons. The summed E-state index contributed by atoms with van der Waals surface area (Å²) in [6.45, 7) is 0.705. The smallest absolute Gasteiger partial charge is 2.00 e. The summed E-state index contributed by atoms with van der Waals surface area (Å²) in [5.74, 6) is 0.991. The Balaban J connectivity index is 0.000000605. The van der Waals surface area contributed by atoms with E-state index in [0.717, 1.165) is 5.75 Å². The first-order chi connectivity index (χ1) is 4.97. The molecule has 0 N–H and O–H groups in total. The first-order valence-electron chi connectivity index (χ1n) is 3.35. The molecule has 12 heavy (non-hydrogen) atoms. The molecule has 1 radical (unpaired) electrons. The van der Waals surface area contributed by atoms with Crippen molar-refractivity contribution in [2.24, 2.45) is 0 Å². The minimum absolute atomic E-state index is 0. The van der Waals surface area contributed by atoms with Crippen molar-refractivity contribution in [3.63, 3.8) is 0 Å². The molecule has 3 heteroatoms. The summed E-state index contributed by atoms with van der Waals surface area (Å²) >= 11 is 0. The van der Waals surface area contributed by atoms with Crippen LogP contribution in [0, 0.1) is 0 Å². The van der Waals surface area contributed by atoms with Crippen LogP contribution in [0.4, 0.5) is 0 Å². The van der Waals surface area contributed by atoms with Crippen molar-refractivity contribution in [1.82, 2.24) is 0 Å². The average molecular weight is 212 g/mol. The monoisotopic (exact) mass is 211 g/mol. The maximum Gasteiger partial charge on any atom is 2.00 e. The van der Waals surface area contributed by atoms with Gasteiger partial charge in [0, 0.05) is 5.56 Å². The van der Waals surface area contributed by atoms with E-state index in [1.807, 2.05) is 30.3 Å². The van der Waals surface area contributed by atoms with Gasteiger partial charge in [0.25, 0.3) is 0 Å². The molecule has 1 aromatic carbocycles. The van der Waals surface area contributed by atoms with E-state index in [9.17, 15) is 0 Å². The van der Waals surface area contributed by atoms with Gasteiger partial charge >= 0.3 is 17.1 Å². The van der Waals surface area contributed by atoms with Crippen molar-refractivity contribution < 1.29 is 27.3 Å². The van der Waals surface area contributed by atoms with E-state index in [4.69, 9.17) is 4.74 Å². The van der Waals surface area contributed by atoms with Crippen LogP contribution in [0.3, 0.4) is 0 Å². The van der Waals surface area contributed by atoms with Crippen LogP contribution >= 0.6 is 0 Å². The van der Waals surface area contributed by atoms with Crippen LogP contribution in [0.5, 0.6) is 5.75 Å². The van der Waals surface area contributed by atoms with Gasteiger partial charge in [0.1, 0.15) is 12.4 Å². The topological polar surface area (TPSA) is 37.7 Å². The zero-order valence-corrected chi connectivity index (χ0v) is 7.23. The summed E-state index contributed by atoms with van der Waals surface area (Å²) in [4.78, 5) is 0. The van der Waals surface area contributed by atoms with Gasteiger partial charge in [0.15, 0.2) is 0 Å². The zero-order chi connectivity index (χ0) is 6.81. The number of rotatable bonds is 0. The Morgan fingerprint density at radius 1 is 1.17 bits per heavy atom. The number of hydrogen-bond acceptors (Lipinski definition) is 1. The predicted molar refractivity (Wildman–Crippen MR) is 41.7 cm³/mol. The number of para-hydroxylation sites is 1. The van der Waals surface area contributed by atoms with Crippen LogP contribution in [-0.2, 0) is 22.5 Å². The second-order valence-electron chi connectivity index (χ2n) is 2.25.